The minimum Gasteiger partial charge on any atom is -0.380 e. The molecule has 4 rings (SSSR count). The molecule has 0 unspecified atom stereocenters. The Bertz CT molecular complexity index is 1430. The number of methoxy groups -OCH3 is 1. The molecule has 0 radical (unpaired) electrons. The molecule has 1 aliphatic rings. The van der Waals surface area contributed by atoms with E-state index in [-0.39, 0.29) is 41.7 Å². The summed E-state index contributed by atoms with van der Waals surface area (Å²) in [6.07, 6.45) is 4.65. The number of hydrogen-bond donors (Lipinski definition) is 3. The van der Waals surface area contributed by atoms with Crippen molar-refractivity contribution in [1.82, 2.24) is 30.4 Å². The van der Waals surface area contributed by atoms with E-state index in [2.05, 4.69) is 54.5 Å². The molecule has 0 bridgehead atoms. The molecule has 3 N–H and O–H groups in total. The highest BCUT2D eigenvalue weighted by atomic mass is 16.5. The van der Waals surface area contributed by atoms with E-state index in [1.54, 1.807) is 13.3 Å². The summed E-state index contributed by atoms with van der Waals surface area (Å²) in [5.41, 5.74) is 4.39. The highest BCUT2D eigenvalue weighted by molar-refractivity contribution is 6.06. The average molecular weight is 507 g/mol. The summed E-state index contributed by atoms with van der Waals surface area (Å²) in [5.74, 6) is -0.284. The van der Waals surface area contributed by atoms with Crippen LogP contribution in [0.3, 0.4) is 0 Å². The second kappa shape index (κ2) is 9.87. The van der Waals surface area contributed by atoms with E-state index in [9.17, 15) is 9.59 Å². The number of H-pyrrole nitrogens is 1. The molecule has 0 saturated carbocycles. The first kappa shape index (κ1) is 26.8. The largest absolute Gasteiger partial charge is 0.380 e. The Morgan fingerprint density at radius 2 is 1.97 bits per heavy atom. The van der Waals surface area contributed by atoms with Crippen LogP contribution < -0.4 is 16.2 Å². The van der Waals surface area contributed by atoms with E-state index in [4.69, 9.17) is 9.72 Å². The number of aryl methyl sites for hydroxylation is 1. The van der Waals surface area contributed by atoms with Crippen molar-refractivity contribution in [3.8, 4) is 0 Å². The molecule has 37 heavy (non-hydrogen) atoms. The Morgan fingerprint density at radius 1 is 1.24 bits per heavy atom. The van der Waals surface area contributed by atoms with Crippen molar-refractivity contribution in [3.63, 3.8) is 0 Å². The highest BCUT2D eigenvalue weighted by Gasteiger charge is 2.33. The Kier molecular flexibility index (Phi) is 7.14. The Labute approximate surface area is 217 Å². The number of carbonyl (C=O) groups excluding carboxylic acids is 1. The van der Waals surface area contributed by atoms with Crippen LogP contribution in [-0.2, 0) is 17.9 Å². The zero-order valence-corrected chi connectivity index (χ0v) is 23.1. The highest BCUT2D eigenvalue weighted by Crippen LogP contribution is 2.34. The quantitative estimate of drug-likeness (QED) is 0.446. The first-order valence-electron chi connectivity index (χ1n) is 12.7. The lowest BCUT2D eigenvalue weighted by Crippen LogP contribution is -2.53. The predicted octanol–water partition coefficient (Wildman–Crippen LogP) is 4.02. The van der Waals surface area contributed by atoms with Crippen molar-refractivity contribution in [2.75, 3.05) is 7.11 Å². The van der Waals surface area contributed by atoms with Crippen LogP contribution in [0.15, 0.2) is 29.2 Å². The fourth-order valence-electron chi connectivity index (χ4n) is 5.35. The van der Waals surface area contributed by atoms with Gasteiger partial charge in [-0.25, -0.2) is 9.67 Å². The van der Waals surface area contributed by atoms with Gasteiger partial charge in [0.15, 0.2) is 5.65 Å². The van der Waals surface area contributed by atoms with Crippen LogP contribution >= 0.6 is 0 Å². The van der Waals surface area contributed by atoms with Gasteiger partial charge in [-0.2, -0.15) is 5.10 Å². The molecular formula is C28H38N6O3. The second-order valence-electron chi connectivity index (χ2n) is 11.5. The van der Waals surface area contributed by atoms with Crippen molar-refractivity contribution in [2.45, 2.75) is 85.2 Å². The lowest BCUT2D eigenvalue weighted by Gasteiger charge is -2.41. The number of fused-ring (bicyclic) bond motifs is 1. The molecule has 198 valence electrons. The molecule has 9 heteroatoms. The molecular weight excluding hydrogens is 468 g/mol. The van der Waals surface area contributed by atoms with Crippen molar-refractivity contribution >= 4 is 22.5 Å². The van der Waals surface area contributed by atoms with Crippen LogP contribution in [0.2, 0.25) is 0 Å². The minimum absolute atomic E-state index is 0.0776. The number of aromatic nitrogens is 4. The van der Waals surface area contributed by atoms with Gasteiger partial charge in [-0.3, -0.25) is 9.59 Å². The Balaban J connectivity index is 1.77. The summed E-state index contributed by atoms with van der Waals surface area (Å²) < 4.78 is 7.12. The number of nitrogens with one attached hydrogen (secondary N) is 3. The molecule has 3 aromatic rings. The van der Waals surface area contributed by atoms with Gasteiger partial charge < -0.3 is 20.4 Å². The Morgan fingerprint density at radius 3 is 2.62 bits per heavy atom. The third kappa shape index (κ3) is 5.67. The average Bonchev–Trinajstić information content (AvgIpc) is 3.20. The van der Waals surface area contributed by atoms with Gasteiger partial charge in [-0.15, -0.1) is 0 Å². The third-order valence-corrected chi connectivity index (χ3v) is 6.55. The van der Waals surface area contributed by atoms with Crippen LogP contribution in [0.1, 0.15) is 86.9 Å². The van der Waals surface area contributed by atoms with E-state index in [1.165, 1.54) is 0 Å². The van der Waals surface area contributed by atoms with Crippen LogP contribution in [0.25, 0.3) is 16.6 Å². The number of ether oxygens (including phenoxy) is 1. The van der Waals surface area contributed by atoms with E-state index in [1.807, 2.05) is 37.6 Å². The lowest BCUT2D eigenvalue weighted by atomic mass is 9.82. The van der Waals surface area contributed by atoms with Gasteiger partial charge in [0.2, 0.25) is 0 Å². The zero-order chi connectivity index (χ0) is 27.1. The number of carbonyl (C=O) groups is 1. The van der Waals surface area contributed by atoms with Crippen molar-refractivity contribution in [2.24, 2.45) is 0 Å². The third-order valence-electron chi connectivity index (χ3n) is 6.55. The number of aromatic amines is 1. The molecule has 1 aliphatic heterocycles. The number of pyridine rings is 2. The first-order valence-corrected chi connectivity index (χ1v) is 12.7. The van der Waals surface area contributed by atoms with Crippen LogP contribution in [0.5, 0.6) is 0 Å². The molecule has 0 aliphatic carbocycles. The molecule has 9 nitrogen and oxygen atoms in total. The lowest BCUT2D eigenvalue weighted by molar-refractivity contribution is 0.0952. The SMILES string of the molecule is COCc1cc(C)[nH]c(=O)c1CNC(=O)c1cc(C2=CC(C)(C)NC(C)(C)C2)nc2c1cnn2C(C)C. The topological polar surface area (TPSA) is 114 Å². The molecule has 4 heterocycles. The van der Waals surface area contributed by atoms with Gasteiger partial charge >= 0.3 is 0 Å². The van der Waals surface area contributed by atoms with Gasteiger partial charge in [-0.1, -0.05) is 6.08 Å². The molecule has 0 fully saturated rings. The molecule has 0 atom stereocenters. The number of rotatable bonds is 7. The van der Waals surface area contributed by atoms with Gasteiger partial charge in [0.25, 0.3) is 11.5 Å². The fourth-order valence-corrected chi connectivity index (χ4v) is 5.35. The van der Waals surface area contributed by atoms with E-state index >= 15 is 0 Å². The first-order chi connectivity index (χ1) is 17.3. The molecule has 0 spiro atoms. The summed E-state index contributed by atoms with van der Waals surface area (Å²) in [7, 11) is 1.58. The maximum absolute atomic E-state index is 13.6. The van der Waals surface area contributed by atoms with Crippen LogP contribution in [-0.4, -0.2) is 43.8 Å². The summed E-state index contributed by atoms with van der Waals surface area (Å²) in [5, 5.41) is 11.8. The normalized spacial score (nSPS) is 16.7. The van der Waals surface area contributed by atoms with Gasteiger partial charge in [0, 0.05) is 42.0 Å². The van der Waals surface area contributed by atoms with Gasteiger partial charge in [0.1, 0.15) is 0 Å². The predicted molar refractivity (Wildman–Crippen MR) is 145 cm³/mol. The molecule has 3 aromatic heterocycles. The summed E-state index contributed by atoms with van der Waals surface area (Å²) in [6, 6.07) is 3.80. The maximum Gasteiger partial charge on any atom is 0.253 e. The van der Waals surface area contributed by atoms with Crippen molar-refractivity contribution in [1.29, 1.82) is 0 Å². The summed E-state index contributed by atoms with van der Waals surface area (Å²) in [4.78, 5) is 34.1. The standard InChI is InChI=1S/C28H38N6O3/c1-16(2)34-24-22(14-30-34)20(10-23(32-24)19-11-27(4,5)33-28(6,7)12-19)25(35)29-13-21-18(15-37-8)9-17(3)31-26(21)36/h9-11,14,16,33H,12-13,15H2,1-8H3,(H,29,35)(H,31,36). The Hall–Kier alpha value is -3.30. The smallest absolute Gasteiger partial charge is 0.253 e. The summed E-state index contributed by atoms with van der Waals surface area (Å²) >= 11 is 0. The fraction of sp³-hybridized carbons (Fsp3) is 0.500. The van der Waals surface area contributed by atoms with Crippen LogP contribution in [0, 0.1) is 6.92 Å². The van der Waals surface area contributed by atoms with Crippen molar-refractivity contribution in [3.05, 3.63) is 62.8 Å². The van der Waals surface area contributed by atoms with Gasteiger partial charge in [0.05, 0.1) is 29.4 Å². The molecule has 0 saturated heterocycles. The minimum atomic E-state index is -0.284. The second-order valence-corrected chi connectivity index (χ2v) is 11.5. The van der Waals surface area contributed by atoms with E-state index < -0.39 is 0 Å². The zero-order valence-electron chi connectivity index (χ0n) is 23.1. The van der Waals surface area contributed by atoms with Crippen molar-refractivity contribution < 1.29 is 9.53 Å². The summed E-state index contributed by atoms with van der Waals surface area (Å²) in [6.45, 7) is 14.9. The molecule has 1 amide bonds. The number of nitrogens with zero attached hydrogens (tertiary/aromatic N) is 3. The van der Waals surface area contributed by atoms with Crippen LogP contribution in [0.4, 0.5) is 0 Å². The number of amides is 1. The van der Waals surface area contributed by atoms with Gasteiger partial charge in [-0.05, 0) is 78.2 Å². The maximum atomic E-state index is 13.6. The van der Waals surface area contributed by atoms with E-state index in [0.29, 0.717) is 22.2 Å². The number of hydrogen-bond acceptors (Lipinski definition) is 6. The monoisotopic (exact) mass is 506 g/mol. The molecule has 0 aromatic carbocycles. The van der Waals surface area contributed by atoms with E-state index in [0.717, 1.165) is 28.9 Å².